The van der Waals surface area contributed by atoms with E-state index in [1.165, 1.54) is 23.8 Å². The fourth-order valence-electron chi connectivity index (χ4n) is 6.51. The Kier molecular flexibility index (Phi) is 11.8. The van der Waals surface area contributed by atoms with Crippen LogP contribution in [0.5, 0.6) is 5.75 Å². The van der Waals surface area contributed by atoms with Gasteiger partial charge in [0.15, 0.2) is 0 Å². The lowest BCUT2D eigenvalue weighted by Gasteiger charge is -2.49. The summed E-state index contributed by atoms with van der Waals surface area (Å²) in [6, 6.07) is 36.3. The van der Waals surface area contributed by atoms with E-state index in [4.69, 9.17) is 19.3 Å². The smallest absolute Gasteiger partial charge is 0.355 e. The number of nitrogens with one attached hydrogen (secondary N) is 2. The number of benzene rings is 4. The third-order valence-electron chi connectivity index (χ3n) is 9.17. The van der Waals surface area contributed by atoms with Crippen molar-refractivity contribution in [3.05, 3.63) is 155 Å². The highest BCUT2D eigenvalue weighted by molar-refractivity contribution is 14.1. The van der Waals surface area contributed by atoms with E-state index in [-0.39, 0.29) is 23.8 Å². The Labute approximate surface area is 339 Å². The van der Waals surface area contributed by atoms with E-state index in [2.05, 4.69) is 42.8 Å². The van der Waals surface area contributed by atoms with Crippen molar-refractivity contribution < 1.29 is 28.7 Å². The minimum absolute atomic E-state index is 0.0183. The van der Waals surface area contributed by atoms with Crippen LogP contribution in [0.25, 0.3) is 0 Å². The van der Waals surface area contributed by atoms with E-state index in [0.717, 1.165) is 39.4 Å². The molecule has 2 aliphatic rings. The van der Waals surface area contributed by atoms with Crippen molar-refractivity contribution in [2.75, 3.05) is 29.7 Å². The Hall–Kier alpha value is -5.26. The number of carbonyl (C=O) groups excluding carboxylic acids is 3. The average Bonchev–Trinajstić information content (AvgIpc) is 3.71. The summed E-state index contributed by atoms with van der Waals surface area (Å²) >= 11 is 4.70. The summed E-state index contributed by atoms with van der Waals surface area (Å²) in [5.74, 6) is -0.536. The van der Waals surface area contributed by atoms with Crippen LogP contribution >= 0.6 is 45.9 Å². The van der Waals surface area contributed by atoms with Crippen LogP contribution in [0, 0.1) is 0 Å². The summed E-state index contributed by atoms with van der Waals surface area (Å²) in [6.07, 6.45) is 0. The van der Waals surface area contributed by atoms with Crippen molar-refractivity contribution in [1.29, 1.82) is 0 Å². The van der Waals surface area contributed by atoms with Crippen molar-refractivity contribution >= 4 is 74.5 Å². The molecule has 55 heavy (non-hydrogen) atoms. The number of ether oxygens (including phenoxy) is 2. The molecule has 0 bridgehead atoms. The molecule has 12 nitrogen and oxygen atoms in total. The first-order valence-corrected chi connectivity index (χ1v) is 20.5. The largest absolute Gasteiger partial charge is 0.497 e. The van der Waals surface area contributed by atoms with Gasteiger partial charge in [0.05, 0.1) is 7.11 Å². The third-order valence-corrected chi connectivity index (χ3v) is 12.1. The van der Waals surface area contributed by atoms with Gasteiger partial charge in [-0.15, -0.1) is 11.8 Å². The molecule has 15 heteroatoms. The SMILES string of the molecule is CO/N=C(\C(=O)NC1C(=O)N2C(C(=O)OCc3ccc(OC)cc3)=C(CI)CS[C@H]12)c1nsc(NC(c2ccccc2)(c2ccccc2)c2ccccc2)n1. The number of aromatic nitrogens is 2. The lowest BCUT2D eigenvalue weighted by atomic mass is 9.77. The molecule has 280 valence electrons. The van der Waals surface area contributed by atoms with Gasteiger partial charge < -0.3 is 24.9 Å². The predicted molar refractivity (Wildman–Crippen MR) is 220 cm³/mol. The molecule has 0 spiro atoms. The molecule has 2 N–H and O–H groups in total. The quantitative estimate of drug-likeness (QED) is 0.0254. The van der Waals surface area contributed by atoms with Crippen LogP contribution in [0.3, 0.4) is 0 Å². The molecule has 1 fully saturated rings. The molecule has 0 aliphatic carbocycles. The maximum Gasteiger partial charge on any atom is 0.355 e. The molecule has 1 saturated heterocycles. The molecular weight excluding hydrogens is 852 g/mol. The monoisotopic (exact) mass is 886 g/mol. The van der Waals surface area contributed by atoms with Crippen LogP contribution in [0.1, 0.15) is 28.1 Å². The van der Waals surface area contributed by atoms with Crippen LogP contribution < -0.4 is 15.4 Å². The van der Waals surface area contributed by atoms with Gasteiger partial charge in [-0.1, -0.05) is 131 Å². The van der Waals surface area contributed by atoms with Gasteiger partial charge in [0, 0.05) is 21.7 Å². The third kappa shape index (κ3) is 7.68. The number of oxime groups is 1. The Morgan fingerprint density at radius 2 is 1.51 bits per heavy atom. The maximum atomic E-state index is 13.8. The molecule has 1 aromatic heterocycles. The number of anilines is 1. The fourth-order valence-corrected chi connectivity index (χ4v) is 9.48. The van der Waals surface area contributed by atoms with Gasteiger partial charge in [-0.2, -0.15) is 9.36 Å². The summed E-state index contributed by atoms with van der Waals surface area (Å²) in [5, 5.41) is 10.3. The van der Waals surface area contributed by atoms with Crippen LogP contribution in [0.2, 0.25) is 0 Å². The minimum atomic E-state index is -0.933. The zero-order valence-corrected chi connectivity index (χ0v) is 33.5. The number of halogens is 1. The minimum Gasteiger partial charge on any atom is -0.497 e. The number of thioether (sulfide) groups is 1. The van der Waals surface area contributed by atoms with Crippen molar-refractivity contribution in [2.24, 2.45) is 5.16 Å². The summed E-state index contributed by atoms with van der Waals surface area (Å²) in [7, 11) is 2.90. The second kappa shape index (κ2) is 17.0. The number of hydrogen-bond acceptors (Lipinski definition) is 12. The van der Waals surface area contributed by atoms with E-state index in [1.54, 1.807) is 31.4 Å². The van der Waals surface area contributed by atoms with Crippen LogP contribution in [-0.4, -0.2) is 73.6 Å². The molecule has 0 radical (unpaired) electrons. The predicted octanol–water partition coefficient (Wildman–Crippen LogP) is 6.13. The van der Waals surface area contributed by atoms with Crippen LogP contribution in [0.4, 0.5) is 5.13 Å². The molecule has 2 atom stereocenters. The molecule has 2 amide bonds. The van der Waals surface area contributed by atoms with E-state index >= 15 is 0 Å². The summed E-state index contributed by atoms with van der Waals surface area (Å²) in [5.41, 5.74) is 3.59. The number of hydrogen-bond donors (Lipinski definition) is 2. The van der Waals surface area contributed by atoms with E-state index in [1.807, 2.05) is 91.0 Å². The highest BCUT2D eigenvalue weighted by atomic mass is 127. The molecule has 1 unspecified atom stereocenters. The molecule has 5 aromatic rings. The highest BCUT2D eigenvalue weighted by Gasteiger charge is 2.54. The van der Waals surface area contributed by atoms with E-state index in [9.17, 15) is 14.4 Å². The summed E-state index contributed by atoms with van der Waals surface area (Å²) in [4.78, 5) is 52.1. The average molecular weight is 887 g/mol. The summed E-state index contributed by atoms with van der Waals surface area (Å²) in [6.45, 7) is 0.0261. The van der Waals surface area contributed by atoms with Crippen molar-refractivity contribution in [1.82, 2.24) is 19.6 Å². The van der Waals surface area contributed by atoms with E-state index < -0.39 is 34.7 Å². The topological polar surface area (TPSA) is 144 Å². The van der Waals surface area contributed by atoms with Gasteiger partial charge in [0.2, 0.25) is 16.7 Å². The number of esters is 1. The van der Waals surface area contributed by atoms with Crippen molar-refractivity contribution in [3.8, 4) is 5.75 Å². The molecule has 0 saturated carbocycles. The molecule has 4 aromatic carbocycles. The zero-order valence-electron chi connectivity index (χ0n) is 29.7. The van der Waals surface area contributed by atoms with E-state index in [0.29, 0.717) is 21.1 Å². The Morgan fingerprint density at radius 1 is 0.909 bits per heavy atom. The molecule has 2 aliphatic heterocycles. The van der Waals surface area contributed by atoms with Crippen molar-refractivity contribution in [2.45, 2.75) is 23.6 Å². The van der Waals surface area contributed by atoms with Gasteiger partial charge in [-0.3, -0.25) is 14.5 Å². The van der Waals surface area contributed by atoms with Gasteiger partial charge in [-0.25, -0.2) is 4.79 Å². The van der Waals surface area contributed by atoms with Gasteiger partial charge in [0.25, 0.3) is 11.8 Å². The normalized spacial score (nSPS) is 16.8. The van der Waals surface area contributed by atoms with Crippen molar-refractivity contribution in [3.63, 3.8) is 0 Å². The lowest BCUT2D eigenvalue weighted by molar-refractivity contribution is -0.153. The number of rotatable bonds is 14. The number of amides is 2. The first-order valence-electron chi connectivity index (χ1n) is 17.1. The first kappa shape index (κ1) is 38.0. The Bertz CT molecular complexity index is 2120. The Morgan fingerprint density at radius 3 is 2.05 bits per heavy atom. The second-order valence-electron chi connectivity index (χ2n) is 12.4. The lowest BCUT2D eigenvalue weighted by Crippen LogP contribution is -2.71. The highest BCUT2D eigenvalue weighted by Crippen LogP contribution is 2.42. The number of fused-ring (bicyclic) bond motifs is 1. The number of alkyl halides is 1. The molecule has 7 rings (SSSR count). The maximum absolute atomic E-state index is 13.8. The zero-order chi connectivity index (χ0) is 38.4. The van der Waals surface area contributed by atoms with Gasteiger partial charge in [-0.05, 0) is 40.0 Å². The number of carbonyl (C=O) groups is 3. The van der Waals surface area contributed by atoms with Crippen LogP contribution in [-0.2, 0) is 36.1 Å². The number of nitrogens with zero attached hydrogens (tertiary/aromatic N) is 4. The molecular formula is C40H35IN6O6S2. The first-order chi connectivity index (χ1) is 26.9. The fraction of sp³-hybridized carbons (Fsp3) is 0.200. The number of β-lactam (4-membered cyclic amide) rings is 1. The van der Waals surface area contributed by atoms with Crippen LogP contribution in [0.15, 0.2) is 132 Å². The van der Waals surface area contributed by atoms with Gasteiger partial charge in [0.1, 0.15) is 42.1 Å². The second-order valence-corrected chi connectivity index (χ2v) is 15.0. The van der Waals surface area contributed by atoms with Gasteiger partial charge >= 0.3 is 5.97 Å². The standard InChI is InChI=1S/C40H35IN6O6S2/c1-51-30-20-18-25(19-21-30)23-53-38(50)33-26(22-41)24-54-37-32(36(49)47(33)37)42-35(48)31(45-52-2)34-43-39(55-46-34)44-40(27-12-6-3-7-13-27,28-14-8-4-9-15-28)29-16-10-5-11-17-29/h3-21,32,37H,22-24H2,1-2H3,(H,42,48)(H,43,44,46)/b45-31-/t32?,37-/m1/s1. The Balaban J connectivity index is 1.10. The molecule has 3 heterocycles. The number of methoxy groups -OCH3 is 1. The summed E-state index contributed by atoms with van der Waals surface area (Å²) < 4.78 is 15.9.